The van der Waals surface area contributed by atoms with Crippen molar-refractivity contribution in [1.82, 2.24) is 14.6 Å². The van der Waals surface area contributed by atoms with E-state index in [9.17, 15) is 4.79 Å². The Hall–Kier alpha value is -2.89. The lowest BCUT2D eigenvalue weighted by atomic mass is 10.2. The molecule has 122 valence electrons. The van der Waals surface area contributed by atoms with Crippen molar-refractivity contribution in [3.8, 4) is 0 Å². The molecule has 6 heteroatoms. The highest BCUT2D eigenvalue weighted by Gasteiger charge is 2.17. The molecule has 1 saturated carbocycles. The minimum absolute atomic E-state index is 0.211. The van der Waals surface area contributed by atoms with Crippen LogP contribution in [0.1, 0.15) is 36.0 Å². The van der Waals surface area contributed by atoms with Gasteiger partial charge in [0.15, 0.2) is 5.65 Å². The van der Waals surface area contributed by atoms with Crippen LogP contribution < -0.4 is 10.6 Å². The van der Waals surface area contributed by atoms with Crippen molar-refractivity contribution in [1.29, 1.82) is 0 Å². The van der Waals surface area contributed by atoms with Gasteiger partial charge in [0.25, 0.3) is 5.91 Å². The first-order valence-corrected chi connectivity index (χ1v) is 8.28. The highest BCUT2D eigenvalue weighted by molar-refractivity contribution is 6.03. The summed E-state index contributed by atoms with van der Waals surface area (Å²) in [5, 5.41) is 10.7. The molecule has 2 N–H and O–H groups in total. The van der Waals surface area contributed by atoms with Crippen LogP contribution in [0.3, 0.4) is 0 Å². The van der Waals surface area contributed by atoms with Gasteiger partial charge in [-0.05, 0) is 37.1 Å². The Balaban J connectivity index is 1.57. The molecule has 0 radical (unpaired) electrons. The zero-order valence-electron chi connectivity index (χ0n) is 13.3. The quantitative estimate of drug-likeness (QED) is 0.773. The second-order valence-electron chi connectivity index (χ2n) is 6.06. The highest BCUT2D eigenvalue weighted by Crippen LogP contribution is 2.23. The first-order valence-electron chi connectivity index (χ1n) is 8.28. The molecule has 1 aromatic carbocycles. The molecule has 0 unspecified atom stereocenters. The monoisotopic (exact) mass is 321 g/mol. The number of hydrogen-bond donors (Lipinski definition) is 2. The zero-order chi connectivity index (χ0) is 16.4. The van der Waals surface area contributed by atoms with E-state index in [1.165, 1.54) is 25.7 Å². The summed E-state index contributed by atoms with van der Waals surface area (Å²) in [6.07, 6.45) is 4.90. The Morgan fingerprint density at radius 1 is 1.04 bits per heavy atom. The predicted octanol–water partition coefficient (Wildman–Crippen LogP) is 3.34. The van der Waals surface area contributed by atoms with Gasteiger partial charge in [0, 0.05) is 11.6 Å². The van der Waals surface area contributed by atoms with Crippen LogP contribution in [0.4, 0.5) is 11.8 Å². The second-order valence-corrected chi connectivity index (χ2v) is 6.06. The van der Waals surface area contributed by atoms with Crippen molar-refractivity contribution in [3.05, 3.63) is 54.1 Å². The first kappa shape index (κ1) is 14.7. The molecule has 1 aliphatic rings. The fourth-order valence-electron chi connectivity index (χ4n) is 3.11. The van der Waals surface area contributed by atoms with Gasteiger partial charge in [-0.2, -0.15) is 9.50 Å². The van der Waals surface area contributed by atoms with Crippen molar-refractivity contribution in [3.63, 3.8) is 0 Å². The van der Waals surface area contributed by atoms with Crippen LogP contribution in [0.25, 0.3) is 5.65 Å². The van der Waals surface area contributed by atoms with Gasteiger partial charge in [-0.3, -0.25) is 10.1 Å². The van der Waals surface area contributed by atoms with E-state index < -0.39 is 0 Å². The number of fused-ring (bicyclic) bond motifs is 1. The number of amides is 1. The van der Waals surface area contributed by atoms with Gasteiger partial charge in [0.2, 0.25) is 5.95 Å². The molecule has 0 atom stereocenters. The normalized spacial score (nSPS) is 14.8. The summed E-state index contributed by atoms with van der Waals surface area (Å²) >= 11 is 0. The molecule has 24 heavy (non-hydrogen) atoms. The number of aromatic nitrogens is 3. The van der Waals surface area contributed by atoms with E-state index in [0.717, 1.165) is 5.82 Å². The molecule has 0 spiro atoms. The van der Waals surface area contributed by atoms with Gasteiger partial charge in [-0.15, -0.1) is 5.10 Å². The Labute approximate surface area is 139 Å². The van der Waals surface area contributed by atoms with Crippen molar-refractivity contribution >= 4 is 23.3 Å². The highest BCUT2D eigenvalue weighted by atomic mass is 16.1. The number of nitrogens with one attached hydrogen (secondary N) is 2. The van der Waals surface area contributed by atoms with Crippen LogP contribution in [0, 0.1) is 0 Å². The summed E-state index contributed by atoms with van der Waals surface area (Å²) in [7, 11) is 0. The number of benzene rings is 1. The molecule has 4 rings (SSSR count). The lowest BCUT2D eigenvalue weighted by molar-refractivity contribution is 0.102. The molecule has 2 aromatic heterocycles. The maximum atomic E-state index is 12.2. The number of nitrogens with zero attached hydrogens (tertiary/aromatic N) is 3. The molecule has 1 amide bonds. The molecule has 0 bridgehead atoms. The average molecular weight is 321 g/mol. The van der Waals surface area contributed by atoms with Gasteiger partial charge < -0.3 is 5.32 Å². The number of anilines is 2. The van der Waals surface area contributed by atoms with Gasteiger partial charge in [0.1, 0.15) is 5.82 Å². The van der Waals surface area contributed by atoms with Crippen LogP contribution >= 0.6 is 0 Å². The van der Waals surface area contributed by atoms with E-state index in [1.807, 2.05) is 36.4 Å². The van der Waals surface area contributed by atoms with Crippen LogP contribution in [-0.4, -0.2) is 26.5 Å². The van der Waals surface area contributed by atoms with Gasteiger partial charge in [-0.25, -0.2) is 0 Å². The second kappa shape index (κ2) is 6.31. The van der Waals surface area contributed by atoms with E-state index in [0.29, 0.717) is 23.2 Å². The summed E-state index contributed by atoms with van der Waals surface area (Å²) in [5.74, 6) is 1.01. The van der Waals surface area contributed by atoms with Crippen LogP contribution in [0.5, 0.6) is 0 Å². The minimum atomic E-state index is -0.211. The molecule has 2 heterocycles. The fourth-order valence-corrected chi connectivity index (χ4v) is 3.11. The minimum Gasteiger partial charge on any atom is -0.367 e. The summed E-state index contributed by atoms with van der Waals surface area (Å²) in [4.78, 5) is 16.6. The van der Waals surface area contributed by atoms with Crippen molar-refractivity contribution < 1.29 is 4.79 Å². The lowest BCUT2D eigenvalue weighted by Gasteiger charge is -2.13. The van der Waals surface area contributed by atoms with Crippen molar-refractivity contribution in [2.75, 3.05) is 10.6 Å². The molecular weight excluding hydrogens is 302 g/mol. The first-order chi connectivity index (χ1) is 11.8. The van der Waals surface area contributed by atoms with E-state index >= 15 is 0 Å². The molecular formula is C18H19N5O. The van der Waals surface area contributed by atoms with Crippen LogP contribution in [0.2, 0.25) is 0 Å². The Morgan fingerprint density at radius 2 is 1.83 bits per heavy atom. The number of hydrogen-bond acceptors (Lipinski definition) is 4. The zero-order valence-corrected chi connectivity index (χ0v) is 13.3. The third kappa shape index (κ3) is 2.95. The number of pyridine rings is 1. The van der Waals surface area contributed by atoms with Gasteiger partial charge in [-0.1, -0.05) is 37.1 Å². The number of carbonyl (C=O) groups is 1. The van der Waals surface area contributed by atoms with E-state index in [1.54, 1.807) is 16.6 Å². The Kier molecular flexibility index (Phi) is 3.86. The summed E-state index contributed by atoms with van der Waals surface area (Å²) in [6.45, 7) is 0. The largest absolute Gasteiger partial charge is 0.367 e. The molecule has 6 nitrogen and oxygen atoms in total. The smallest absolute Gasteiger partial charge is 0.258 e. The average Bonchev–Trinajstić information content (AvgIpc) is 3.25. The standard InChI is InChI=1S/C18H19N5O/c24-17(13-7-2-1-3-8-13)21-18-20-16-12-6-11-15(23(16)22-18)19-14-9-4-5-10-14/h1-3,6-8,11-12,14,19H,4-5,9-10H2,(H,21,22,24). The van der Waals surface area contributed by atoms with Crippen LogP contribution in [0.15, 0.2) is 48.5 Å². The number of carbonyl (C=O) groups excluding carboxylic acids is 1. The molecule has 0 aliphatic heterocycles. The molecule has 3 aromatic rings. The predicted molar refractivity (Wildman–Crippen MR) is 93.3 cm³/mol. The SMILES string of the molecule is O=C(Nc1nc2cccc(NC3CCCC3)n2n1)c1ccccc1. The van der Waals surface area contributed by atoms with E-state index in [2.05, 4.69) is 20.7 Å². The Bertz CT molecular complexity index is 852. The topological polar surface area (TPSA) is 71.3 Å². The van der Waals surface area contributed by atoms with E-state index in [4.69, 9.17) is 0 Å². The molecule has 1 aliphatic carbocycles. The molecule has 0 saturated heterocycles. The summed E-state index contributed by atoms with van der Waals surface area (Å²) in [5.41, 5.74) is 1.29. The molecule has 1 fully saturated rings. The van der Waals surface area contributed by atoms with Crippen molar-refractivity contribution in [2.45, 2.75) is 31.7 Å². The van der Waals surface area contributed by atoms with Gasteiger partial charge >= 0.3 is 0 Å². The summed E-state index contributed by atoms with van der Waals surface area (Å²) < 4.78 is 1.75. The third-order valence-corrected chi connectivity index (χ3v) is 4.33. The van der Waals surface area contributed by atoms with Crippen molar-refractivity contribution in [2.24, 2.45) is 0 Å². The Morgan fingerprint density at radius 3 is 2.62 bits per heavy atom. The third-order valence-electron chi connectivity index (χ3n) is 4.33. The van der Waals surface area contributed by atoms with Crippen LogP contribution in [-0.2, 0) is 0 Å². The maximum absolute atomic E-state index is 12.2. The van der Waals surface area contributed by atoms with E-state index in [-0.39, 0.29) is 5.91 Å². The summed E-state index contributed by atoms with van der Waals surface area (Å²) in [6, 6.07) is 15.4. The fraction of sp³-hybridized carbons (Fsp3) is 0.278. The maximum Gasteiger partial charge on any atom is 0.258 e. The van der Waals surface area contributed by atoms with Gasteiger partial charge in [0.05, 0.1) is 0 Å². The number of rotatable bonds is 4. The lowest BCUT2D eigenvalue weighted by Crippen LogP contribution is -2.17.